The third-order valence-electron chi connectivity index (χ3n) is 5.44. The summed E-state index contributed by atoms with van der Waals surface area (Å²) in [4.78, 5) is 21.1. The van der Waals surface area contributed by atoms with Crippen LogP contribution >= 0.6 is 11.3 Å². The van der Waals surface area contributed by atoms with E-state index in [9.17, 15) is 4.79 Å². The minimum atomic E-state index is -0.0134. The predicted molar refractivity (Wildman–Crippen MR) is 108 cm³/mol. The zero-order valence-electron chi connectivity index (χ0n) is 15.9. The van der Waals surface area contributed by atoms with Gasteiger partial charge in [-0.15, -0.1) is 11.3 Å². The van der Waals surface area contributed by atoms with Gasteiger partial charge < -0.3 is 15.0 Å². The Labute approximate surface area is 164 Å². The summed E-state index contributed by atoms with van der Waals surface area (Å²) in [6, 6.07) is 7.82. The van der Waals surface area contributed by atoms with Gasteiger partial charge in [-0.25, -0.2) is 9.78 Å². The number of ether oxygens (including phenoxy) is 1. The summed E-state index contributed by atoms with van der Waals surface area (Å²) in [5.41, 5.74) is 3.24. The maximum absolute atomic E-state index is 12.7. The number of fused-ring (bicyclic) bond motifs is 1. The standard InChI is InChI=1S/C21H27N3O2S/c1-26-14-15-8-10-17(11-9-15)22-21(25)24-12-4-5-16(13-24)20-23-18-6-2-3-7-19(18)27-20/h8-11,16H,2-7,12-14H2,1H3,(H,22,25). The van der Waals surface area contributed by atoms with Crippen molar-refractivity contribution >= 4 is 23.1 Å². The molecule has 5 nitrogen and oxygen atoms in total. The first-order valence-corrected chi connectivity index (χ1v) is 10.7. The molecule has 6 heteroatoms. The molecule has 2 aliphatic rings. The molecule has 4 rings (SSSR count). The molecule has 2 aromatic rings. The molecule has 0 bridgehead atoms. The Bertz CT molecular complexity index is 764. The van der Waals surface area contributed by atoms with E-state index in [1.54, 1.807) is 7.11 Å². The second-order valence-electron chi connectivity index (χ2n) is 7.47. The number of nitrogens with zero attached hydrogens (tertiary/aromatic N) is 2. The van der Waals surface area contributed by atoms with Crippen LogP contribution in [0.15, 0.2) is 24.3 Å². The molecule has 1 N–H and O–H groups in total. The Hall–Kier alpha value is -1.92. The zero-order chi connectivity index (χ0) is 18.6. The molecule has 1 aliphatic heterocycles. The number of likely N-dealkylation sites (tertiary alicyclic amines) is 1. The van der Waals surface area contributed by atoms with Crippen molar-refractivity contribution in [2.45, 2.75) is 51.0 Å². The number of rotatable bonds is 4. The average Bonchev–Trinajstić information content (AvgIpc) is 3.14. The molecule has 1 fully saturated rings. The number of carbonyl (C=O) groups excluding carboxylic acids is 1. The molecule has 2 amide bonds. The van der Waals surface area contributed by atoms with E-state index in [4.69, 9.17) is 9.72 Å². The Morgan fingerprint density at radius 3 is 2.85 bits per heavy atom. The van der Waals surface area contributed by atoms with Gasteiger partial charge in [-0.2, -0.15) is 0 Å². The first-order chi connectivity index (χ1) is 13.2. The van der Waals surface area contributed by atoms with Crippen molar-refractivity contribution in [2.24, 2.45) is 0 Å². The number of piperidine rings is 1. The first-order valence-electron chi connectivity index (χ1n) is 9.85. The molecule has 1 saturated heterocycles. The smallest absolute Gasteiger partial charge is 0.321 e. The summed E-state index contributed by atoms with van der Waals surface area (Å²) in [6.45, 7) is 2.16. The lowest BCUT2D eigenvalue weighted by molar-refractivity contribution is 0.185. The van der Waals surface area contributed by atoms with Crippen LogP contribution in [-0.4, -0.2) is 36.1 Å². The van der Waals surface area contributed by atoms with Gasteiger partial charge in [0.25, 0.3) is 0 Å². The molecular weight excluding hydrogens is 358 g/mol. The molecule has 0 saturated carbocycles. The number of hydrogen-bond donors (Lipinski definition) is 1. The summed E-state index contributed by atoms with van der Waals surface area (Å²) in [5.74, 6) is 0.379. The van der Waals surface area contributed by atoms with Gasteiger partial charge in [0.1, 0.15) is 0 Å². The van der Waals surface area contributed by atoms with Crippen LogP contribution in [0.2, 0.25) is 0 Å². The van der Waals surface area contributed by atoms with Crippen molar-refractivity contribution in [2.75, 3.05) is 25.5 Å². The maximum atomic E-state index is 12.7. The number of amides is 2. The fourth-order valence-electron chi connectivity index (χ4n) is 3.96. The van der Waals surface area contributed by atoms with E-state index in [2.05, 4.69) is 5.32 Å². The van der Waals surface area contributed by atoms with Crippen molar-refractivity contribution < 1.29 is 9.53 Å². The van der Waals surface area contributed by atoms with Gasteiger partial charge in [0.2, 0.25) is 0 Å². The number of urea groups is 1. The average molecular weight is 386 g/mol. The van der Waals surface area contributed by atoms with E-state index in [1.807, 2.05) is 40.5 Å². The fourth-order valence-corrected chi connectivity index (χ4v) is 5.24. The summed E-state index contributed by atoms with van der Waals surface area (Å²) in [5, 5.41) is 4.27. The van der Waals surface area contributed by atoms with E-state index < -0.39 is 0 Å². The highest BCUT2D eigenvalue weighted by Crippen LogP contribution is 2.34. The third-order valence-corrected chi connectivity index (χ3v) is 6.76. The second-order valence-corrected chi connectivity index (χ2v) is 8.59. The summed E-state index contributed by atoms with van der Waals surface area (Å²) < 4.78 is 5.13. The number of aryl methyl sites for hydroxylation is 2. The van der Waals surface area contributed by atoms with Crippen LogP contribution in [-0.2, 0) is 24.2 Å². The van der Waals surface area contributed by atoms with Crippen molar-refractivity contribution in [1.82, 2.24) is 9.88 Å². The lowest BCUT2D eigenvalue weighted by Crippen LogP contribution is -2.41. The van der Waals surface area contributed by atoms with Crippen LogP contribution in [0.5, 0.6) is 0 Å². The largest absolute Gasteiger partial charge is 0.380 e. The van der Waals surface area contributed by atoms with Crippen molar-refractivity contribution in [3.05, 3.63) is 45.4 Å². The molecule has 0 radical (unpaired) electrons. The third kappa shape index (κ3) is 4.33. The lowest BCUT2D eigenvalue weighted by Gasteiger charge is -2.31. The number of thiazole rings is 1. The fraction of sp³-hybridized carbons (Fsp3) is 0.524. The topological polar surface area (TPSA) is 54.5 Å². The highest BCUT2D eigenvalue weighted by molar-refractivity contribution is 7.11. The molecule has 2 heterocycles. The Balaban J connectivity index is 1.38. The molecule has 1 aromatic heterocycles. The van der Waals surface area contributed by atoms with E-state index in [0.717, 1.165) is 43.6 Å². The molecule has 1 aromatic carbocycles. The molecule has 144 valence electrons. The van der Waals surface area contributed by atoms with E-state index in [-0.39, 0.29) is 6.03 Å². The maximum Gasteiger partial charge on any atom is 0.321 e. The van der Waals surface area contributed by atoms with Gasteiger partial charge in [0.05, 0.1) is 17.3 Å². The van der Waals surface area contributed by atoms with Gasteiger partial charge in [-0.05, 0) is 56.2 Å². The zero-order valence-corrected chi connectivity index (χ0v) is 16.7. The van der Waals surface area contributed by atoms with Gasteiger partial charge in [0, 0.05) is 36.7 Å². The molecule has 1 unspecified atom stereocenters. The van der Waals surface area contributed by atoms with Gasteiger partial charge in [-0.3, -0.25) is 0 Å². The SMILES string of the molecule is COCc1ccc(NC(=O)N2CCCC(c3nc4c(s3)CCCC4)C2)cc1. The van der Waals surface area contributed by atoms with E-state index in [0.29, 0.717) is 12.5 Å². The molecular formula is C21H27N3O2S. The summed E-state index contributed by atoms with van der Waals surface area (Å²) in [6.07, 6.45) is 7.03. The normalized spacial score (nSPS) is 19.6. The Kier molecular flexibility index (Phi) is 5.74. The van der Waals surface area contributed by atoms with Crippen LogP contribution in [0.25, 0.3) is 0 Å². The summed E-state index contributed by atoms with van der Waals surface area (Å²) in [7, 11) is 1.68. The van der Waals surface area contributed by atoms with E-state index >= 15 is 0 Å². The predicted octanol–water partition coefficient (Wildman–Crippen LogP) is 4.58. The molecule has 1 aliphatic carbocycles. The van der Waals surface area contributed by atoms with Gasteiger partial charge >= 0.3 is 6.03 Å². The minimum Gasteiger partial charge on any atom is -0.380 e. The van der Waals surface area contributed by atoms with Crippen molar-refractivity contribution in [3.8, 4) is 0 Å². The van der Waals surface area contributed by atoms with Crippen LogP contribution in [0.1, 0.15) is 52.7 Å². The van der Waals surface area contributed by atoms with Crippen molar-refractivity contribution in [3.63, 3.8) is 0 Å². The Morgan fingerprint density at radius 2 is 2.07 bits per heavy atom. The minimum absolute atomic E-state index is 0.0134. The number of aromatic nitrogens is 1. The number of hydrogen-bond acceptors (Lipinski definition) is 4. The van der Waals surface area contributed by atoms with Crippen LogP contribution < -0.4 is 5.32 Å². The number of carbonyl (C=O) groups is 1. The molecule has 27 heavy (non-hydrogen) atoms. The first kappa shape index (κ1) is 18.4. The van der Waals surface area contributed by atoms with Crippen molar-refractivity contribution in [1.29, 1.82) is 0 Å². The number of nitrogens with one attached hydrogen (secondary N) is 1. The van der Waals surface area contributed by atoms with Crippen LogP contribution in [0.4, 0.5) is 10.5 Å². The Morgan fingerprint density at radius 1 is 1.26 bits per heavy atom. The molecule has 0 spiro atoms. The van der Waals surface area contributed by atoms with Gasteiger partial charge in [-0.1, -0.05) is 12.1 Å². The number of anilines is 1. The molecule has 1 atom stereocenters. The quantitative estimate of drug-likeness (QED) is 0.838. The monoisotopic (exact) mass is 385 g/mol. The number of benzene rings is 1. The second kappa shape index (κ2) is 8.40. The van der Waals surface area contributed by atoms with E-state index in [1.165, 1.54) is 34.8 Å². The lowest BCUT2D eigenvalue weighted by atomic mass is 9.98. The van der Waals surface area contributed by atoms with Crippen LogP contribution in [0.3, 0.4) is 0 Å². The summed E-state index contributed by atoms with van der Waals surface area (Å²) >= 11 is 1.88. The van der Waals surface area contributed by atoms with Gasteiger partial charge in [0.15, 0.2) is 0 Å². The number of methoxy groups -OCH3 is 1. The highest BCUT2D eigenvalue weighted by Gasteiger charge is 2.28. The highest BCUT2D eigenvalue weighted by atomic mass is 32.1. The van der Waals surface area contributed by atoms with Crippen LogP contribution in [0, 0.1) is 0 Å².